The molecule has 0 bridgehead atoms. The SMILES string of the molecule is Nc1nc2cc(-c3cc[nH]n3)ccc2c2[nH]c([C@H]3CCN(C(=O)CC(F)(F)F)C3)nc12. The summed E-state index contributed by atoms with van der Waals surface area (Å²) in [6.07, 6.45) is -3.70. The van der Waals surface area contributed by atoms with Crippen molar-refractivity contribution >= 4 is 33.7 Å². The maximum atomic E-state index is 12.5. The van der Waals surface area contributed by atoms with Gasteiger partial charge in [0.25, 0.3) is 0 Å². The number of hydrogen-bond donors (Lipinski definition) is 3. The van der Waals surface area contributed by atoms with Gasteiger partial charge in [0.2, 0.25) is 5.91 Å². The minimum absolute atomic E-state index is 0.184. The van der Waals surface area contributed by atoms with Gasteiger partial charge in [0.1, 0.15) is 17.8 Å². The van der Waals surface area contributed by atoms with Crippen LogP contribution in [0, 0.1) is 0 Å². The Balaban J connectivity index is 1.47. The molecule has 1 amide bonds. The third-order valence-electron chi connectivity index (χ3n) is 5.55. The number of hydrogen-bond acceptors (Lipinski definition) is 5. The number of imidazole rings is 1. The van der Waals surface area contributed by atoms with Gasteiger partial charge in [-0.05, 0) is 24.6 Å². The van der Waals surface area contributed by atoms with Gasteiger partial charge in [-0.3, -0.25) is 9.89 Å². The number of nitrogen functional groups attached to an aromatic ring is 1. The molecule has 1 saturated heterocycles. The van der Waals surface area contributed by atoms with Crippen molar-refractivity contribution < 1.29 is 18.0 Å². The molecule has 8 nitrogen and oxygen atoms in total. The van der Waals surface area contributed by atoms with Crippen molar-refractivity contribution in [1.82, 2.24) is 30.0 Å². The topological polar surface area (TPSA) is 117 Å². The minimum atomic E-state index is -4.51. The number of amides is 1. The quantitative estimate of drug-likeness (QED) is 0.462. The first-order chi connectivity index (χ1) is 14.8. The molecule has 4 heterocycles. The van der Waals surface area contributed by atoms with Crippen LogP contribution in [-0.2, 0) is 4.79 Å². The van der Waals surface area contributed by atoms with Gasteiger partial charge in [0, 0.05) is 36.2 Å². The summed E-state index contributed by atoms with van der Waals surface area (Å²) in [5.74, 6) is -0.257. The molecule has 4 aromatic rings. The molecule has 0 spiro atoms. The summed E-state index contributed by atoms with van der Waals surface area (Å²) >= 11 is 0. The zero-order valence-electron chi connectivity index (χ0n) is 16.2. The minimum Gasteiger partial charge on any atom is -0.382 e. The van der Waals surface area contributed by atoms with Crippen LogP contribution in [0.5, 0.6) is 0 Å². The van der Waals surface area contributed by atoms with Gasteiger partial charge < -0.3 is 15.6 Å². The molecule has 1 aromatic carbocycles. The van der Waals surface area contributed by atoms with Gasteiger partial charge in [0.05, 0.1) is 16.7 Å². The van der Waals surface area contributed by atoms with Crippen molar-refractivity contribution in [3.05, 3.63) is 36.3 Å². The number of nitrogens with two attached hydrogens (primary N) is 1. The highest BCUT2D eigenvalue weighted by molar-refractivity contribution is 6.07. The lowest BCUT2D eigenvalue weighted by atomic mass is 10.1. The summed E-state index contributed by atoms with van der Waals surface area (Å²) in [5, 5.41) is 7.77. The van der Waals surface area contributed by atoms with Crippen molar-refractivity contribution in [2.45, 2.75) is 24.9 Å². The maximum Gasteiger partial charge on any atom is 0.397 e. The Bertz CT molecular complexity index is 1280. The first-order valence-electron chi connectivity index (χ1n) is 9.72. The Morgan fingerprint density at radius 1 is 1.26 bits per heavy atom. The van der Waals surface area contributed by atoms with Gasteiger partial charge >= 0.3 is 6.18 Å². The number of benzene rings is 1. The van der Waals surface area contributed by atoms with Crippen LogP contribution in [0.2, 0.25) is 0 Å². The van der Waals surface area contributed by atoms with E-state index in [2.05, 4.69) is 25.1 Å². The van der Waals surface area contributed by atoms with Crippen LogP contribution in [0.4, 0.5) is 19.0 Å². The van der Waals surface area contributed by atoms with Crippen molar-refractivity contribution in [3.63, 3.8) is 0 Å². The summed E-state index contributed by atoms with van der Waals surface area (Å²) in [5.41, 5.74) is 9.71. The van der Waals surface area contributed by atoms with E-state index >= 15 is 0 Å². The van der Waals surface area contributed by atoms with Crippen LogP contribution >= 0.6 is 0 Å². The lowest BCUT2D eigenvalue weighted by Gasteiger charge is -2.17. The number of pyridine rings is 1. The molecule has 11 heteroatoms. The Kier molecular flexibility index (Phi) is 4.34. The molecule has 1 aliphatic rings. The summed E-state index contributed by atoms with van der Waals surface area (Å²) < 4.78 is 37.6. The Morgan fingerprint density at radius 2 is 2.10 bits per heavy atom. The molecule has 31 heavy (non-hydrogen) atoms. The number of fused-ring (bicyclic) bond motifs is 3. The molecule has 3 aromatic heterocycles. The van der Waals surface area contributed by atoms with Gasteiger partial charge in [-0.25, -0.2) is 9.97 Å². The molecule has 1 aliphatic heterocycles. The molecule has 1 atom stereocenters. The number of aromatic amines is 2. The molecule has 0 radical (unpaired) electrons. The molecule has 1 fully saturated rings. The molecular weight excluding hydrogens is 411 g/mol. The third kappa shape index (κ3) is 3.56. The summed E-state index contributed by atoms with van der Waals surface area (Å²) in [6, 6.07) is 7.56. The monoisotopic (exact) mass is 429 g/mol. The number of H-pyrrole nitrogens is 2. The molecule has 4 N–H and O–H groups in total. The first kappa shape index (κ1) is 19.3. The largest absolute Gasteiger partial charge is 0.397 e. The number of carbonyl (C=O) groups is 1. The standard InChI is InChI=1S/C20H18F3N7O/c21-20(22,23)8-15(31)30-6-4-11(9-30)19-27-16-12-2-1-10(13-3-5-25-29-13)7-14(12)26-18(24)17(16)28-19/h1-3,5,7,11H,4,6,8-9H2,(H2,24,26)(H,25,29)(H,27,28)/t11-/m0/s1. The van der Waals surface area contributed by atoms with Crippen molar-refractivity contribution in [2.75, 3.05) is 18.8 Å². The predicted molar refractivity (Wildman–Crippen MR) is 108 cm³/mol. The fourth-order valence-electron chi connectivity index (χ4n) is 4.06. The fraction of sp³-hybridized carbons (Fsp3) is 0.300. The highest BCUT2D eigenvalue weighted by Gasteiger charge is 2.37. The van der Waals surface area contributed by atoms with Crippen molar-refractivity contribution in [1.29, 1.82) is 0 Å². The van der Waals surface area contributed by atoms with Crippen LogP contribution in [0.25, 0.3) is 33.2 Å². The molecule has 0 unspecified atom stereocenters. The molecule has 0 aliphatic carbocycles. The van der Waals surface area contributed by atoms with Crippen LogP contribution in [0.1, 0.15) is 24.6 Å². The second-order valence-electron chi connectivity index (χ2n) is 7.65. The smallest absolute Gasteiger partial charge is 0.382 e. The number of rotatable bonds is 3. The number of anilines is 1. The maximum absolute atomic E-state index is 12.5. The second kappa shape index (κ2) is 6.96. The third-order valence-corrected chi connectivity index (χ3v) is 5.55. The Labute approximate surface area is 173 Å². The highest BCUT2D eigenvalue weighted by atomic mass is 19.4. The highest BCUT2D eigenvalue weighted by Crippen LogP contribution is 2.33. The first-order valence-corrected chi connectivity index (χ1v) is 9.72. The van der Waals surface area contributed by atoms with E-state index in [4.69, 9.17) is 5.73 Å². The zero-order valence-corrected chi connectivity index (χ0v) is 16.2. The van der Waals surface area contributed by atoms with Crippen molar-refractivity contribution in [2.24, 2.45) is 0 Å². The number of nitrogens with one attached hydrogen (secondary N) is 2. The number of aromatic nitrogens is 5. The molecule has 160 valence electrons. The number of halogens is 3. The van der Waals surface area contributed by atoms with E-state index < -0.39 is 18.5 Å². The van der Waals surface area contributed by atoms with E-state index in [-0.39, 0.29) is 24.8 Å². The number of nitrogens with zero attached hydrogens (tertiary/aromatic N) is 4. The number of alkyl halides is 3. The van der Waals surface area contributed by atoms with E-state index in [1.54, 1.807) is 6.20 Å². The Hall–Kier alpha value is -3.63. The molecule has 5 rings (SSSR count). The normalized spacial score (nSPS) is 17.1. The number of likely N-dealkylation sites (tertiary alicyclic amines) is 1. The van der Waals surface area contributed by atoms with E-state index in [9.17, 15) is 18.0 Å². The van der Waals surface area contributed by atoms with Crippen LogP contribution in [0.3, 0.4) is 0 Å². The summed E-state index contributed by atoms with van der Waals surface area (Å²) in [4.78, 5) is 25.4. The van der Waals surface area contributed by atoms with Crippen LogP contribution in [-0.4, -0.2) is 55.2 Å². The lowest BCUT2D eigenvalue weighted by molar-refractivity contribution is -0.160. The predicted octanol–water partition coefficient (Wildman–Crippen LogP) is 3.35. The summed E-state index contributed by atoms with van der Waals surface area (Å²) in [6.45, 7) is 0.446. The van der Waals surface area contributed by atoms with Gasteiger partial charge in [-0.2, -0.15) is 18.3 Å². The van der Waals surface area contributed by atoms with Crippen LogP contribution in [0.15, 0.2) is 30.5 Å². The van der Waals surface area contributed by atoms with Crippen LogP contribution < -0.4 is 5.73 Å². The van der Waals surface area contributed by atoms with Gasteiger partial charge in [-0.15, -0.1) is 0 Å². The second-order valence-corrected chi connectivity index (χ2v) is 7.65. The van der Waals surface area contributed by atoms with E-state index in [1.807, 2.05) is 24.3 Å². The average Bonchev–Trinajstić information content (AvgIpc) is 3.46. The number of carbonyl (C=O) groups excluding carboxylic acids is 1. The zero-order chi connectivity index (χ0) is 21.8. The van der Waals surface area contributed by atoms with Gasteiger partial charge in [-0.1, -0.05) is 6.07 Å². The van der Waals surface area contributed by atoms with Gasteiger partial charge in [0.15, 0.2) is 5.82 Å². The van der Waals surface area contributed by atoms with Crippen molar-refractivity contribution in [3.8, 4) is 11.3 Å². The molecule has 0 saturated carbocycles. The van der Waals surface area contributed by atoms with E-state index in [0.717, 1.165) is 16.6 Å². The van der Waals surface area contributed by atoms with E-state index in [1.165, 1.54) is 4.90 Å². The molecular formula is C20H18F3N7O. The Morgan fingerprint density at radius 3 is 2.84 bits per heavy atom. The fourth-order valence-corrected chi connectivity index (χ4v) is 4.06. The van der Waals surface area contributed by atoms with E-state index in [0.29, 0.717) is 28.8 Å². The lowest BCUT2D eigenvalue weighted by Crippen LogP contribution is -2.32. The average molecular weight is 429 g/mol. The summed E-state index contributed by atoms with van der Waals surface area (Å²) in [7, 11) is 0.